The van der Waals surface area contributed by atoms with Crippen molar-refractivity contribution in [3.8, 4) is 5.75 Å². The van der Waals surface area contributed by atoms with Crippen LogP contribution >= 0.6 is 0 Å². The highest BCUT2D eigenvalue weighted by molar-refractivity contribution is 7.88. The van der Waals surface area contributed by atoms with E-state index in [0.717, 1.165) is 0 Å². The molecule has 1 N–H and O–H groups in total. The first-order chi connectivity index (χ1) is 13.6. The van der Waals surface area contributed by atoms with E-state index in [1.807, 2.05) is 0 Å². The molecule has 7 nitrogen and oxygen atoms in total. The second-order valence-corrected chi connectivity index (χ2v) is 9.00. The van der Waals surface area contributed by atoms with Crippen LogP contribution < -0.4 is 4.18 Å². The standard InChI is InChI=1S/C19H19F3O7S/c1-10-7-12-8-11(9-23)5-6-13(12)15(29-30(26,27)19(20,21)22)14(10)16(17(24)25)28-18(2,3)4/h5-9,16H,1-4H3,(H,24,25). The predicted molar refractivity (Wildman–Crippen MR) is 101 cm³/mol. The fraction of sp³-hybridized carbons (Fsp3) is 0.368. The zero-order valence-corrected chi connectivity index (χ0v) is 17.2. The quantitative estimate of drug-likeness (QED) is 0.402. The summed E-state index contributed by atoms with van der Waals surface area (Å²) in [5.74, 6) is -2.37. The number of alkyl halides is 3. The predicted octanol–water partition coefficient (Wildman–Crippen LogP) is 4.13. The summed E-state index contributed by atoms with van der Waals surface area (Å²) in [6, 6.07) is 5.14. The molecule has 0 spiro atoms. The van der Waals surface area contributed by atoms with Gasteiger partial charge in [0, 0.05) is 16.5 Å². The number of aliphatic carboxylic acids is 1. The van der Waals surface area contributed by atoms with Gasteiger partial charge in [0.05, 0.1) is 5.60 Å². The highest BCUT2D eigenvalue weighted by Crippen LogP contribution is 2.42. The Balaban J connectivity index is 2.91. The van der Waals surface area contributed by atoms with E-state index >= 15 is 0 Å². The van der Waals surface area contributed by atoms with Crippen molar-refractivity contribution in [2.45, 2.75) is 44.9 Å². The number of carbonyl (C=O) groups excluding carboxylic acids is 1. The minimum atomic E-state index is -6.12. The Labute approximate surface area is 170 Å². The van der Waals surface area contributed by atoms with Crippen LogP contribution in [0.2, 0.25) is 0 Å². The fourth-order valence-electron chi connectivity index (χ4n) is 2.77. The van der Waals surface area contributed by atoms with Gasteiger partial charge < -0.3 is 14.0 Å². The van der Waals surface area contributed by atoms with E-state index in [1.54, 1.807) is 0 Å². The van der Waals surface area contributed by atoms with Crippen LogP contribution in [0.3, 0.4) is 0 Å². The number of carboxylic acids is 1. The van der Waals surface area contributed by atoms with Crippen molar-refractivity contribution in [3.05, 3.63) is 41.0 Å². The van der Waals surface area contributed by atoms with Gasteiger partial charge in [-0.05, 0) is 50.8 Å². The molecule has 0 amide bonds. The third kappa shape index (κ3) is 4.90. The van der Waals surface area contributed by atoms with E-state index in [9.17, 15) is 36.3 Å². The molecule has 1 atom stereocenters. The first-order valence-corrected chi connectivity index (χ1v) is 9.92. The van der Waals surface area contributed by atoms with E-state index in [-0.39, 0.29) is 27.5 Å². The molecule has 0 saturated carbocycles. The summed E-state index contributed by atoms with van der Waals surface area (Å²) in [5, 5.41) is 9.71. The van der Waals surface area contributed by atoms with Crippen molar-refractivity contribution in [2.24, 2.45) is 0 Å². The molecule has 0 fully saturated rings. The Morgan fingerprint density at radius 1 is 1.17 bits per heavy atom. The highest BCUT2D eigenvalue weighted by atomic mass is 32.2. The van der Waals surface area contributed by atoms with Crippen molar-refractivity contribution in [1.82, 2.24) is 0 Å². The number of aryl methyl sites for hydroxylation is 1. The number of rotatable bonds is 6. The lowest BCUT2D eigenvalue weighted by Gasteiger charge is -2.28. The van der Waals surface area contributed by atoms with Gasteiger partial charge >= 0.3 is 21.6 Å². The van der Waals surface area contributed by atoms with Crippen molar-refractivity contribution in [1.29, 1.82) is 0 Å². The molecular formula is C19H19F3O7S. The number of hydrogen-bond acceptors (Lipinski definition) is 6. The summed E-state index contributed by atoms with van der Waals surface area (Å²) in [6.07, 6.45) is -1.32. The summed E-state index contributed by atoms with van der Waals surface area (Å²) >= 11 is 0. The molecule has 0 saturated heterocycles. The van der Waals surface area contributed by atoms with Crippen LogP contribution in [0.4, 0.5) is 13.2 Å². The molecule has 164 valence electrons. The molecule has 0 bridgehead atoms. The van der Waals surface area contributed by atoms with Gasteiger partial charge in [-0.1, -0.05) is 12.1 Å². The molecular weight excluding hydrogens is 429 g/mol. The van der Waals surface area contributed by atoms with Gasteiger partial charge in [0.15, 0.2) is 11.9 Å². The average Bonchev–Trinajstić information content (AvgIpc) is 2.57. The number of carboxylic acid groups (broad SMARTS) is 1. The van der Waals surface area contributed by atoms with Crippen LogP contribution in [0.1, 0.15) is 48.4 Å². The van der Waals surface area contributed by atoms with Crippen LogP contribution in [0.5, 0.6) is 5.75 Å². The molecule has 1 unspecified atom stereocenters. The van der Waals surface area contributed by atoms with Crippen LogP contribution in [0.15, 0.2) is 24.3 Å². The van der Waals surface area contributed by atoms with Crippen molar-refractivity contribution >= 4 is 33.1 Å². The van der Waals surface area contributed by atoms with E-state index in [2.05, 4.69) is 4.18 Å². The van der Waals surface area contributed by atoms with Gasteiger partial charge in [-0.25, -0.2) is 4.79 Å². The van der Waals surface area contributed by atoms with Crippen molar-refractivity contribution in [3.63, 3.8) is 0 Å². The Morgan fingerprint density at radius 3 is 2.23 bits per heavy atom. The summed E-state index contributed by atoms with van der Waals surface area (Å²) in [7, 11) is -6.12. The van der Waals surface area contributed by atoms with Crippen molar-refractivity contribution in [2.75, 3.05) is 0 Å². The number of halogens is 3. The Morgan fingerprint density at radius 2 is 1.77 bits per heavy atom. The SMILES string of the molecule is Cc1cc2cc(C=O)ccc2c(OS(=O)(=O)C(F)(F)F)c1C(OC(C)(C)C)C(=O)O. The third-order valence-electron chi connectivity index (χ3n) is 3.93. The summed E-state index contributed by atoms with van der Waals surface area (Å²) in [4.78, 5) is 22.9. The minimum Gasteiger partial charge on any atom is -0.479 e. The zero-order valence-electron chi connectivity index (χ0n) is 16.4. The fourth-order valence-corrected chi connectivity index (χ4v) is 3.27. The highest BCUT2D eigenvalue weighted by Gasteiger charge is 2.49. The van der Waals surface area contributed by atoms with E-state index in [1.165, 1.54) is 52.0 Å². The second-order valence-electron chi connectivity index (χ2n) is 7.47. The van der Waals surface area contributed by atoms with Crippen LogP contribution in [-0.4, -0.2) is 36.9 Å². The largest absolute Gasteiger partial charge is 0.534 e. The monoisotopic (exact) mass is 448 g/mol. The molecule has 2 rings (SSSR count). The molecule has 2 aromatic rings. The van der Waals surface area contributed by atoms with E-state index < -0.39 is 39.1 Å². The normalized spacial score (nSPS) is 13.8. The summed E-state index contributed by atoms with van der Waals surface area (Å²) in [6.45, 7) is 5.96. The van der Waals surface area contributed by atoms with Gasteiger partial charge in [-0.2, -0.15) is 21.6 Å². The van der Waals surface area contributed by atoms with Crippen LogP contribution in [-0.2, 0) is 19.6 Å². The number of carbonyl (C=O) groups is 2. The number of benzene rings is 2. The van der Waals surface area contributed by atoms with Gasteiger partial charge in [0.2, 0.25) is 0 Å². The molecule has 0 radical (unpaired) electrons. The lowest BCUT2D eigenvalue weighted by Crippen LogP contribution is -2.31. The zero-order chi connectivity index (χ0) is 23.1. The first-order valence-electron chi connectivity index (χ1n) is 8.51. The molecule has 0 aromatic heterocycles. The molecule has 0 heterocycles. The number of aldehydes is 1. The number of ether oxygens (including phenoxy) is 1. The molecule has 2 aromatic carbocycles. The molecule has 0 aliphatic rings. The first kappa shape index (κ1) is 23.6. The van der Waals surface area contributed by atoms with Gasteiger partial charge in [-0.3, -0.25) is 4.79 Å². The van der Waals surface area contributed by atoms with Gasteiger partial charge in [0.1, 0.15) is 6.29 Å². The number of fused-ring (bicyclic) bond motifs is 1. The van der Waals surface area contributed by atoms with E-state index in [4.69, 9.17) is 4.74 Å². The maximum absolute atomic E-state index is 13.0. The Hall–Kier alpha value is -2.66. The minimum absolute atomic E-state index is 0.106. The van der Waals surface area contributed by atoms with Gasteiger partial charge in [-0.15, -0.1) is 0 Å². The average molecular weight is 448 g/mol. The molecule has 0 aliphatic carbocycles. The smallest absolute Gasteiger partial charge is 0.479 e. The topological polar surface area (TPSA) is 107 Å². The summed E-state index contributed by atoms with van der Waals surface area (Å²) < 4.78 is 72.4. The molecule has 30 heavy (non-hydrogen) atoms. The van der Waals surface area contributed by atoms with E-state index in [0.29, 0.717) is 6.29 Å². The molecule has 0 aliphatic heterocycles. The number of hydrogen-bond donors (Lipinski definition) is 1. The van der Waals surface area contributed by atoms with Gasteiger partial charge in [0.25, 0.3) is 0 Å². The summed E-state index contributed by atoms with van der Waals surface area (Å²) in [5.41, 5.74) is -6.87. The third-order valence-corrected chi connectivity index (χ3v) is 4.89. The Bertz CT molecular complexity index is 1100. The lowest BCUT2D eigenvalue weighted by atomic mass is 9.95. The Kier molecular flexibility index (Phi) is 6.20. The second kappa shape index (κ2) is 7.88. The van der Waals surface area contributed by atoms with Crippen LogP contribution in [0, 0.1) is 6.92 Å². The van der Waals surface area contributed by atoms with Crippen molar-refractivity contribution < 1.29 is 45.2 Å². The maximum Gasteiger partial charge on any atom is 0.534 e. The molecule has 11 heteroatoms. The van der Waals surface area contributed by atoms with Crippen LogP contribution in [0.25, 0.3) is 10.8 Å². The lowest BCUT2D eigenvalue weighted by molar-refractivity contribution is -0.160. The maximum atomic E-state index is 13.0.